The Bertz CT molecular complexity index is 1330. The number of ether oxygens (including phenoxy) is 2. The van der Waals surface area contributed by atoms with Crippen molar-refractivity contribution in [3.8, 4) is 21.9 Å². The molecule has 34 heavy (non-hydrogen) atoms. The van der Waals surface area contributed by atoms with Crippen LogP contribution in [0.25, 0.3) is 16.1 Å². The van der Waals surface area contributed by atoms with Gasteiger partial charge in [-0.2, -0.15) is 5.10 Å². The fraction of sp³-hybridized carbons (Fsp3) is 0.200. The summed E-state index contributed by atoms with van der Waals surface area (Å²) >= 11 is 1.17. The Hall–Kier alpha value is -3.98. The molecule has 0 saturated carbocycles. The molecular formula is C25H24N4O4S. The quantitative estimate of drug-likeness (QED) is 0.370. The van der Waals surface area contributed by atoms with Gasteiger partial charge in [0, 0.05) is 5.56 Å². The lowest BCUT2D eigenvalue weighted by Gasteiger charge is -2.07. The smallest absolute Gasteiger partial charge is 0.358 e. The third-order valence-corrected chi connectivity index (χ3v) is 6.14. The van der Waals surface area contributed by atoms with Crippen LogP contribution in [-0.2, 0) is 4.74 Å². The highest BCUT2D eigenvalue weighted by Crippen LogP contribution is 2.38. The van der Waals surface area contributed by atoms with Crippen molar-refractivity contribution in [2.45, 2.75) is 19.8 Å². The van der Waals surface area contributed by atoms with Crippen LogP contribution in [0.15, 0.2) is 60.7 Å². The average molecular weight is 477 g/mol. The van der Waals surface area contributed by atoms with Gasteiger partial charge in [0.05, 0.1) is 30.5 Å². The largest absolute Gasteiger partial charge is 0.496 e. The number of thiazole rings is 1. The molecule has 4 aromatic rings. The fourth-order valence-corrected chi connectivity index (χ4v) is 4.37. The summed E-state index contributed by atoms with van der Waals surface area (Å²) in [6, 6.07) is 18.5. The molecule has 0 aliphatic rings. The van der Waals surface area contributed by atoms with Crippen molar-refractivity contribution in [3.05, 3.63) is 77.7 Å². The minimum atomic E-state index is -0.603. The summed E-state index contributed by atoms with van der Waals surface area (Å²) in [7, 11) is 2.84. The summed E-state index contributed by atoms with van der Waals surface area (Å²) in [6.07, 6.45) is 0. The molecule has 2 heterocycles. The van der Waals surface area contributed by atoms with E-state index in [2.05, 4.69) is 15.4 Å². The van der Waals surface area contributed by atoms with Gasteiger partial charge in [-0.3, -0.25) is 10.1 Å². The molecule has 0 radical (unpaired) electrons. The van der Waals surface area contributed by atoms with Gasteiger partial charge in [-0.25, -0.2) is 14.5 Å². The molecule has 0 bridgehead atoms. The summed E-state index contributed by atoms with van der Waals surface area (Å²) in [5, 5.41) is 7.71. The van der Waals surface area contributed by atoms with Crippen molar-refractivity contribution in [1.29, 1.82) is 0 Å². The van der Waals surface area contributed by atoms with E-state index in [1.807, 2.05) is 62.4 Å². The van der Waals surface area contributed by atoms with Crippen LogP contribution in [0.1, 0.15) is 46.4 Å². The van der Waals surface area contributed by atoms with Gasteiger partial charge in [0.25, 0.3) is 5.91 Å². The molecule has 0 unspecified atom stereocenters. The second kappa shape index (κ2) is 9.88. The molecule has 2 aromatic heterocycles. The third kappa shape index (κ3) is 4.55. The van der Waals surface area contributed by atoms with E-state index in [0.717, 1.165) is 11.4 Å². The second-order valence-electron chi connectivity index (χ2n) is 7.70. The van der Waals surface area contributed by atoms with Gasteiger partial charge < -0.3 is 9.47 Å². The van der Waals surface area contributed by atoms with Gasteiger partial charge in [-0.15, -0.1) is 0 Å². The number of nitrogens with one attached hydrogen (secondary N) is 1. The van der Waals surface area contributed by atoms with E-state index in [0.29, 0.717) is 21.9 Å². The van der Waals surface area contributed by atoms with Crippen molar-refractivity contribution < 1.29 is 19.1 Å². The third-order valence-electron chi connectivity index (χ3n) is 5.13. The van der Waals surface area contributed by atoms with Gasteiger partial charge in [0.15, 0.2) is 10.8 Å². The van der Waals surface area contributed by atoms with Crippen molar-refractivity contribution in [2.75, 3.05) is 19.5 Å². The number of hydrogen-bond acceptors (Lipinski definition) is 7. The molecule has 8 nitrogen and oxygen atoms in total. The minimum absolute atomic E-state index is 0.103. The number of rotatable bonds is 7. The number of carbonyl (C=O) groups excluding carboxylic acids is 2. The summed E-state index contributed by atoms with van der Waals surface area (Å²) in [5.74, 6) is -0.272. The molecule has 1 amide bonds. The zero-order valence-corrected chi connectivity index (χ0v) is 20.1. The number of anilines is 1. The Balaban J connectivity index is 1.73. The van der Waals surface area contributed by atoms with Gasteiger partial charge in [-0.05, 0) is 36.2 Å². The summed E-state index contributed by atoms with van der Waals surface area (Å²) in [6.45, 7) is 4.03. The number of esters is 1. The lowest BCUT2D eigenvalue weighted by Crippen LogP contribution is -2.17. The van der Waals surface area contributed by atoms with E-state index in [9.17, 15) is 9.59 Å². The van der Waals surface area contributed by atoms with Gasteiger partial charge >= 0.3 is 5.97 Å². The topological polar surface area (TPSA) is 95.3 Å². The second-order valence-corrected chi connectivity index (χ2v) is 8.70. The number of methoxy groups -OCH3 is 2. The first-order valence-electron chi connectivity index (χ1n) is 10.6. The molecule has 0 fully saturated rings. The Morgan fingerprint density at radius 1 is 1.03 bits per heavy atom. The molecule has 2 aromatic carbocycles. The van der Waals surface area contributed by atoms with Crippen LogP contribution in [0.5, 0.6) is 5.75 Å². The molecule has 0 spiro atoms. The minimum Gasteiger partial charge on any atom is -0.496 e. The summed E-state index contributed by atoms with van der Waals surface area (Å²) < 4.78 is 12.0. The number of nitrogens with zero attached hydrogens (tertiary/aromatic N) is 3. The Labute approximate surface area is 201 Å². The van der Waals surface area contributed by atoms with Crippen LogP contribution in [0.4, 0.5) is 5.13 Å². The molecule has 174 valence electrons. The average Bonchev–Trinajstić information content (AvgIpc) is 3.49. The van der Waals surface area contributed by atoms with Crippen molar-refractivity contribution >= 4 is 28.3 Å². The van der Waals surface area contributed by atoms with E-state index < -0.39 is 5.97 Å². The van der Waals surface area contributed by atoms with E-state index in [4.69, 9.17) is 9.47 Å². The standard InChI is InChI=1S/C25H24N4O4S/c1-15(2)18-14-19(29(28-18)16-10-6-5-7-11-16)23(30)27-25-26-21(24(31)33-4)22(34-25)17-12-8-9-13-20(17)32-3/h5-15H,1-4H3,(H,26,27,30). The monoisotopic (exact) mass is 476 g/mol. The van der Waals surface area contributed by atoms with Crippen LogP contribution in [0.2, 0.25) is 0 Å². The Morgan fingerprint density at radius 2 is 1.74 bits per heavy atom. The van der Waals surface area contributed by atoms with Gasteiger partial charge in [-0.1, -0.05) is 55.5 Å². The van der Waals surface area contributed by atoms with Crippen molar-refractivity contribution in [2.24, 2.45) is 0 Å². The SMILES string of the molecule is COC(=O)c1nc(NC(=O)c2cc(C(C)C)nn2-c2ccccc2)sc1-c1ccccc1OC. The first-order valence-corrected chi connectivity index (χ1v) is 11.4. The summed E-state index contributed by atoms with van der Waals surface area (Å²) in [5.41, 5.74) is 2.71. The van der Waals surface area contributed by atoms with Crippen LogP contribution in [0.3, 0.4) is 0 Å². The zero-order chi connectivity index (χ0) is 24.2. The zero-order valence-electron chi connectivity index (χ0n) is 19.2. The molecule has 9 heteroatoms. The molecule has 0 saturated heterocycles. The number of carbonyl (C=O) groups is 2. The van der Waals surface area contributed by atoms with Crippen molar-refractivity contribution in [3.63, 3.8) is 0 Å². The molecule has 0 atom stereocenters. The number of benzene rings is 2. The van der Waals surface area contributed by atoms with E-state index >= 15 is 0 Å². The van der Waals surface area contributed by atoms with Crippen LogP contribution in [0, 0.1) is 0 Å². The van der Waals surface area contributed by atoms with Crippen LogP contribution >= 0.6 is 11.3 Å². The highest BCUT2D eigenvalue weighted by Gasteiger charge is 2.25. The van der Waals surface area contributed by atoms with Gasteiger partial charge in [0.1, 0.15) is 11.4 Å². The lowest BCUT2D eigenvalue weighted by molar-refractivity contribution is 0.0595. The highest BCUT2D eigenvalue weighted by molar-refractivity contribution is 7.19. The van der Waals surface area contributed by atoms with Crippen molar-refractivity contribution in [1.82, 2.24) is 14.8 Å². The predicted molar refractivity (Wildman–Crippen MR) is 131 cm³/mol. The maximum atomic E-state index is 13.3. The Morgan fingerprint density at radius 3 is 2.41 bits per heavy atom. The van der Waals surface area contributed by atoms with Gasteiger partial charge in [0.2, 0.25) is 0 Å². The normalized spacial score (nSPS) is 10.9. The maximum absolute atomic E-state index is 13.3. The summed E-state index contributed by atoms with van der Waals surface area (Å²) in [4.78, 5) is 30.7. The molecule has 0 aliphatic heterocycles. The molecule has 0 aliphatic carbocycles. The molecular weight excluding hydrogens is 452 g/mol. The predicted octanol–water partition coefficient (Wildman–Crippen LogP) is 5.17. The van der Waals surface area contributed by atoms with E-state index in [1.165, 1.54) is 18.4 Å². The number of amides is 1. The highest BCUT2D eigenvalue weighted by atomic mass is 32.1. The fourth-order valence-electron chi connectivity index (χ4n) is 3.39. The lowest BCUT2D eigenvalue weighted by atomic mass is 10.1. The van der Waals surface area contributed by atoms with E-state index in [1.54, 1.807) is 23.9 Å². The van der Waals surface area contributed by atoms with E-state index in [-0.39, 0.29) is 22.7 Å². The first-order chi connectivity index (χ1) is 16.4. The number of para-hydroxylation sites is 2. The molecule has 4 rings (SSSR count). The number of aromatic nitrogens is 3. The van der Waals surface area contributed by atoms with Crippen LogP contribution < -0.4 is 10.1 Å². The molecule has 1 N–H and O–H groups in total. The van der Waals surface area contributed by atoms with Crippen LogP contribution in [-0.4, -0.2) is 40.9 Å². The maximum Gasteiger partial charge on any atom is 0.358 e. The first kappa shape index (κ1) is 23.2. The number of hydrogen-bond donors (Lipinski definition) is 1. The Kier molecular flexibility index (Phi) is 6.74.